The van der Waals surface area contributed by atoms with Crippen molar-refractivity contribution in [1.82, 2.24) is 5.32 Å². The number of benzene rings is 2. The normalized spacial score (nSPS) is 12.7. The number of alkyl halides is 3. The second kappa shape index (κ2) is 11.4. The molecule has 1 atom stereocenters. The first-order valence-electron chi connectivity index (χ1n) is 10.6. The molecule has 0 saturated heterocycles. The summed E-state index contributed by atoms with van der Waals surface area (Å²) in [6, 6.07) is 7.82. The summed E-state index contributed by atoms with van der Waals surface area (Å²) in [5, 5.41) is 5.20. The maximum atomic E-state index is 13.1. The Morgan fingerprint density at radius 2 is 1.77 bits per heavy atom. The lowest BCUT2D eigenvalue weighted by Gasteiger charge is -2.21. The minimum Gasteiger partial charge on any atom is -0.492 e. The molecule has 0 radical (unpaired) electrons. The largest absolute Gasteiger partial charge is 0.573 e. The molecule has 35 heavy (non-hydrogen) atoms. The van der Waals surface area contributed by atoms with Gasteiger partial charge in [-0.05, 0) is 42.7 Å². The number of nitrogens with one attached hydrogen (secondary N) is 2. The standard InChI is InChI=1S/C23H27F3N2O6S/c1-5-33-19-12-17(28-22(30)21(14(2)3)27-15(4)29)9-10-20(19)35(31,32)13-16-7-6-8-18(11-16)34-23(24,25)26/h6-12,14,21H,5,13H2,1-4H3,(H,27,29)(H,28,30)/t21-/m0/s1. The van der Waals surface area contributed by atoms with E-state index >= 15 is 0 Å². The fourth-order valence-electron chi connectivity index (χ4n) is 3.21. The molecule has 8 nitrogen and oxygen atoms in total. The molecule has 0 aliphatic carbocycles. The minimum atomic E-state index is -4.91. The van der Waals surface area contributed by atoms with Crippen LogP contribution in [-0.2, 0) is 25.2 Å². The Balaban J connectivity index is 2.31. The van der Waals surface area contributed by atoms with Crippen molar-refractivity contribution in [2.75, 3.05) is 11.9 Å². The lowest BCUT2D eigenvalue weighted by Crippen LogP contribution is -2.46. The van der Waals surface area contributed by atoms with Crippen LogP contribution in [0.1, 0.15) is 33.3 Å². The first kappa shape index (κ1) is 28.0. The number of anilines is 1. The number of hydrogen-bond donors (Lipinski definition) is 2. The highest BCUT2D eigenvalue weighted by Gasteiger charge is 2.31. The monoisotopic (exact) mass is 516 g/mol. The van der Waals surface area contributed by atoms with Gasteiger partial charge in [-0.25, -0.2) is 8.42 Å². The van der Waals surface area contributed by atoms with Crippen LogP contribution in [0.5, 0.6) is 11.5 Å². The summed E-state index contributed by atoms with van der Waals surface area (Å²) in [7, 11) is -4.05. The van der Waals surface area contributed by atoms with Gasteiger partial charge in [-0.3, -0.25) is 9.59 Å². The Bertz CT molecular complexity index is 1170. The van der Waals surface area contributed by atoms with Crippen LogP contribution in [-0.4, -0.2) is 39.2 Å². The fourth-order valence-corrected chi connectivity index (χ4v) is 4.69. The Morgan fingerprint density at radius 1 is 1.09 bits per heavy atom. The molecular formula is C23H27F3N2O6S. The predicted molar refractivity (Wildman–Crippen MR) is 123 cm³/mol. The van der Waals surface area contributed by atoms with Gasteiger partial charge in [0.1, 0.15) is 22.4 Å². The number of carbonyl (C=O) groups is 2. The number of ether oxygens (including phenoxy) is 2. The molecule has 0 unspecified atom stereocenters. The van der Waals surface area contributed by atoms with Crippen LogP contribution in [0.25, 0.3) is 0 Å². The van der Waals surface area contributed by atoms with E-state index in [1.165, 1.54) is 37.3 Å². The van der Waals surface area contributed by atoms with Crippen molar-refractivity contribution in [2.45, 2.75) is 50.7 Å². The first-order chi connectivity index (χ1) is 16.2. The molecule has 2 rings (SSSR count). The van der Waals surface area contributed by atoms with E-state index in [4.69, 9.17) is 4.74 Å². The molecule has 12 heteroatoms. The summed E-state index contributed by atoms with van der Waals surface area (Å²) >= 11 is 0. The molecule has 0 saturated carbocycles. The third-order valence-corrected chi connectivity index (χ3v) is 6.36. The van der Waals surface area contributed by atoms with Gasteiger partial charge in [0, 0.05) is 18.7 Å². The molecule has 0 aliphatic rings. The van der Waals surface area contributed by atoms with E-state index in [1.807, 2.05) is 0 Å². The van der Waals surface area contributed by atoms with Crippen molar-refractivity contribution in [2.24, 2.45) is 5.92 Å². The average Bonchev–Trinajstić information content (AvgIpc) is 2.70. The minimum absolute atomic E-state index is 0.0337. The summed E-state index contributed by atoms with van der Waals surface area (Å²) in [5.74, 6) is -2.25. The van der Waals surface area contributed by atoms with Crippen molar-refractivity contribution in [3.05, 3.63) is 48.0 Å². The topological polar surface area (TPSA) is 111 Å². The van der Waals surface area contributed by atoms with E-state index in [-0.39, 0.29) is 40.3 Å². The van der Waals surface area contributed by atoms with Crippen LogP contribution in [0, 0.1) is 5.92 Å². The Hall–Kier alpha value is -3.28. The number of sulfone groups is 1. The van der Waals surface area contributed by atoms with E-state index in [1.54, 1.807) is 20.8 Å². The lowest BCUT2D eigenvalue weighted by molar-refractivity contribution is -0.274. The zero-order chi connectivity index (χ0) is 26.4. The van der Waals surface area contributed by atoms with Crippen LogP contribution >= 0.6 is 0 Å². The van der Waals surface area contributed by atoms with Crippen LogP contribution in [0.2, 0.25) is 0 Å². The molecule has 2 amide bonds. The smallest absolute Gasteiger partial charge is 0.492 e. The summed E-state index contributed by atoms with van der Waals surface area (Å²) < 4.78 is 72.9. The highest BCUT2D eigenvalue weighted by molar-refractivity contribution is 7.90. The van der Waals surface area contributed by atoms with E-state index in [2.05, 4.69) is 15.4 Å². The number of amides is 2. The van der Waals surface area contributed by atoms with E-state index < -0.39 is 39.7 Å². The van der Waals surface area contributed by atoms with Gasteiger partial charge in [0.25, 0.3) is 0 Å². The van der Waals surface area contributed by atoms with Crippen molar-refractivity contribution in [3.8, 4) is 11.5 Å². The van der Waals surface area contributed by atoms with Crippen LogP contribution in [0.3, 0.4) is 0 Å². The highest BCUT2D eigenvalue weighted by atomic mass is 32.2. The van der Waals surface area contributed by atoms with Gasteiger partial charge in [-0.2, -0.15) is 0 Å². The molecule has 0 aliphatic heterocycles. The van der Waals surface area contributed by atoms with Crippen LogP contribution in [0.15, 0.2) is 47.4 Å². The number of carbonyl (C=O) groups excluding carboxylic acids is 2. The van der Waals surface area contributed by atoms with Gasteiger partial charge >= 0.3 is 6.36 Å². The van der Waals surface area contributed by atoms with Crippen molar-refractivity contribution in [1.29, 1.82) is 0 Å². The summed E-state index contributed by atoms with van der Waals surface area (Å²) in [4.78, 5) is 23.9. The number of hydrogen-bond acceptors (Lipinski definition) is 6. The molecule has 0 spiro atoms. The van der Waals surface area contributed by atoms with E-state index in [0.717, 1.165) is 12.1 Å². The number of halogens is 3. The third-order valence-electron chi connectivity index (χ3n) is 4.64. The van der Waals surface area contributed by atoms with Crippen LogP contribution in [0.4, 0.5) is 18.9 Å². The average molecular weight is 517 g/mol. The van der Waals surface area contributed by atoms with Gasteiger partial charge in [-0.15, -0.1) is 13.2 Å². The fraction of sp³-hybridized carbons (Fsp3) is 0.391. The Labute approximate surface area is 201 Å². The quantitative estimate of drug-likeness (QED) is 0.493. The molecular weight excluding hydrogens is 489 g/mol. The summed E-state index contributed by atoms with van der Waals surface area (Å²) in [6.07, 6.45) is -4.91. The number of rotatable bonds is 10. The predicted octanol–water partition coefficient (Wildman–Crippen LogP) is 4.06. The molecule has 2 aromatic rings. The summed E-state index contributed by atoms with van der Waals surface area (Å²) in [6.45, 7) is 6.58. The van der Waals surface area contributed by atoms with Gasteiger partial charge in [0.15, 0.2) is 9.84 Å². The molecule has 2 aromatic carbocycles. The summed E-state index contributed by atoms with van der Waals surface area (Å²) in [5.41, 5.74) is 0.329. The van der Waals surface area contributed by atoms with Crippen LogP contribution < -0.4 is 20.1 Å². The van der Waals surface area contributed by atoms with E-state index in [9.17, 15) is 31.2 Å². The molecule has 0 fully saturated rings. The van der Waals surface area contributed by atoms with Gasteiger partial charge < -0.3 is 20.1 Å². The Kier molecular flexibility index (Phi) is 9.13. The van der Waals surface area contributed by atoms with Gasteiger partial charge in [-0.1, -0.05) is 26.0 Å². The van der Waals surface area contributed by atoms with Crippen molar-refractivity contribution < 1.29 is 40.7 Å². The third kappa shape index (κ3) is 8.46. The molecule has 0 aromatic heterocycles. The van der Waals surface area contributed by atoms with Gasteiger partial charge in [0.2, 0.25) is 11.8 Å². The molecule has 0 bridgehead atoms. The van der Waals surface area contributed by atoms with Gasteiger partial charge in [0.05, 0.1) is 12.4 Å². The van der Waals surface area contributed by atoms with E-state index in [0.29, 0.717) is 0 Å². The maximum absolute atomic E-state index is 13.1. The Morgan fingerprint density at radius 3 is 2.34 bits per heavy atom. The van der Waals surface area contributed by atoms with Crippen molar-refractivity contribution in [3.63, 3.8) is 0 Å². The zero-order valence-corrected chi connectivity index (χ0v) is 20.4. The maximum Gasteiger partial charge on any atom is 0.573 e. The SMILES string of the molecule is CCOc1cc(NC(=O)[C@@H](NC(C)=O)C(C)C)ccc1S(=O)(=O)Cc1cccc(OC(F)(F)F)c1. The molecule has 2 N–H and O–H groups in total. The zero-order valence-electron chi connectivity index (χ0n) is 19.6. The first-order valence-corrected chi connectivity index (χ1v) is 12.3. The highest BCUT2D eigenvalue weighted by Crippen LogP contribution is 2.31. The molecule has 192 valence electrons. The second-order valence-corrected chi connectivity index (χ2v) is 9.92. The molecule has 0 heterocycles. The van der Waals surface area contributed by atoms with Crippen molar-refractivity contribution >= 4 is 27.3 Å². The second-order valence-electron chi connectivity index (χ2n) is 7.96. The lowest BCUT2D eigenvalue weighted by atomic mass is 10.0.